The lowest BCUT2D eigenvalue weighted by molar-refractivity contribution is 0.109. The average Bonchev–Trinajstić information content (AvgIpc) is 2.66. The lowest BCUT2D eigenvalue weighted by atomic mass is 10.2. The molecule has 4 nitrogen and oxygen atoms in total. The molecule has 0 atom stereocenters. The number of hydrogen-bond acceptors (Lipinski definition) is 5. The molecule has 0 aliphatic carbocycles. The average molecular weight is 221 g/mol. The second kappa shape index (κ2) is 3.78. The molecule has 2 aromatic rings. The van der Waals surface area contributed by atoms with Gasteiger partial charge in [0.15, 0.2) is 12.6 Å². The van der Waals surface area contributed by atoms with E-state index in [9.17, 15) is 9.59 Å². The van der Waals surface area contributed by atoms with Gasteiger partial charge in [-0.25, -0.2) is 4.98 Å². The zero-order valence-electron chi connectivity index (χ0n) is 7.89. The minimum absolute atomic E-state index is 0.356. The zero-order valence-corrected chi connectivity index (χ0v) is 8.71. The van der Waals surface area contributed by atoms with Crippen LogP contribution in [0.25, 0.3) is 10.1 Å². The number of methoxy groups -OCH3 is 1. The Morgan fingerprint density at radius 3 is 2.80 bits per heavy atom. The second-order valence-corrected chi connectivity index (χ2v) is 3.89. The molecule has 15 heavy (non-hydrogen) atoms. The summed E-state index contributed by atoms with van der Waals surface area (Å²) in [6.07, 6.45) is 2.92. The Hall–Kier alpha value is -1.75. The summed E-state index contributed by atoms with van der Waals surface area (Å²) >= 11 is 1.26. The van der Waals surface area contributed by atoms with Crippen molar-refractivity contribution >= 4 is 34.0 Å². The Morgan fingerprint density at radius 1 is 1.40 bits per heavy atom. The number of pyridine rings is 1. The van der Waals surface area contributed by atoms with Crippen LogP contribution in [0.2, 0.25) is 0 Å². The molecule has 0 aromatic carbocycles. The van der Waals surface area contributed by atoms with E-state index in [-0.39, 0.29) is 0 Å². The number of fused-ring (bicyclic) bond motifs is 1. The van der Waals surface area contributed by atoms with Gasteiger partial charge >= 0.3 is 0 Å². The number of aromatic nitrogens is 1. The molecule has 2 aromatic heterocycles. The first kappa shape index (κ1) is 9.79. The van der Waals surface area contributed by atoms with E-state index in [1.807, 2.05) is 0 Å². The molecule has 5 heteroatoms. The number of carbonyl (C=O) groups is 2. The fourth-order valence-corrected chi connectivity index (χ4v) is 2.39. The maximum Gasteiger partial charge on any atom is 0.222 e. The summed E-state index contributed by atoms with van der Waals surface area (Å²) in [6, 6.07) is 1.75. The largest absolute Gasteiger partial charge is 0.481 e. The molecule has 0 spiro atoms. The van der Waals surface area contributed by atoms with Crippen LogP contribution in [0.4, 0.5) is 0 Å². The standard InChI is InChI=1S/C10H7NO3S/c1-14-10-9-6(4-12)8(5-13)15-7(9)2-3-11-10/h2-5H,1H3. The predicted molar refractivity (Wildman–Crippen MR) is 56.9 cm³/mol. The number of nitrogens with zero attached hydrogens (tertiary/aromatic N) is 1. The monoisotopic (exact) mass is 221 g/mol. The Kier molecular flexibility index (Phi) is 2.47. The number of hydrogen-bond donors (Lipinski definition) is 0. The van der Waals surface area contributed by atoms with E-state index >= 15 is 0 Å². The third-order valence-corrected chi connectivity index (χ3v) is 3.15. The van der Waals surface area contributed by atoms with Gasteiger partial charge in [-0.15, -0.1) is 11.3 Å². The van der Waals surface area contributed by atoms with Gasteiger partial charge in [0.25, 0.3) is 0 Å². The van der Waals surface area contributed by atoms with Gasteiger partial charge < -0.3 is 4.74 Å². The van der Waals surface area contributed by atoms with E-state index in [4.69, 9.17) is 4.74 Å². The van der Waals surface area contributed by atoms with Crippen LogP contribution in [0.3, 0.4) is 0 Å². The second-order valence-electron chi connectivity index (χ2n) is 2.81. The van der Waals surface area contributed by atoms with Crippen molar-refractivity contribution in [2.45, 2.75) is 0 Å². The molecular weight excluding hydrogens is 214 g/mol. The minimum Gasteiger partial charge on any atom is -0.481 e. The topological polar surface area (TPSA) is 56.3 Å². The number of aldehydes is 2. The van der Waals surface area contributed by atoms with Gasteiger partial charge in [0, 0.05) is 16.5 Å². The zero-order chi connectivity index (χ0) is 10.8. The van der Waals surface area contributed by atoms with Crippen LogP contribution in [0.5, 0.6) is 5.88 Å². The summed E-state index contributed by atoms with van der Waals surface area (Å²) in [5.41, 5.74) is 0.356. The number of rotatable bonds is 3. The highest BCUT2D eigenvalue weighted by molar-refractivity contribution is 7.21. The molecule has 2 heterocycles. The van der Waals surface area contributed by atoms with Gasteiger partial charge in [-0.1, -0.05) is 0 Å². The van der Waals surface area contributed by atoms with Crippen LogP contribution >= 0.6 is 11.3 Å². The SMILES string of the molecule is COc1nccc2sc(C=O)c(C=O)c12. The Bertz CT molecular complexity index is 533. The summed E-state index contributed by atoms with van der Waals surface area (Å²) < 4.78 is 5.87. The number of carbonyl (C=O) groups excluding carboxylic acids is 2. The molecular formula is C10H7NO3S. The number of thiophene rings is 1. The molecule has 0 bridgehead atoms. The highest BCUT2D eigenvalue weighted by Gasteiger charge is 2.15. The Morgan fingerprint density at radius 2 is 2.20 bits per heavy atom. The van der Waals surface area contributed by atoms with Gasteiger partial charge in [0.05, 0.1) is 17.4 Å². The van der Waals surface area contributed by atoms with Crippen molar-refractivity contribution < 1.29 is 14.3 Å². The van der Waals surface area contributed by atoms with E-state index in [1.54, 1.807) is 12.3 Å². The lowest BCUT2D eigenvalue weighted by Crippen LogP contribution is -1.90. The molecule has 0 radical (unpaired) electrons. The van der Waals surface area contributed by atoms with Crippen molar-refractivity contribution in [1.29, 1.82) is 0 Å². The summed E-state index contributed by atoms with van der Waals surface area (Å²) in [5.74, 6) is 0.374. The molecule has 0 saturated carbocycles. The quantitative estimate of drug-likeness (QED) is 0.743. The fraction of sp³-hybridized carbons (Fsp3) is 0.100. The maximum atomic E-state index is 10.9. The smallest absolute Gasteiger partial charge is 0.222 e. The molecule has 0 aliphatic rings. The van der Waals surface area contributed by atoms with Crippen molar-refractivity contribution in [1.82, 2.24) is 4.98 Å². The summed E-state index contributed by atoms with van der Waals surface area (Å²) in [5, 5.41) is 0.613. The van der Waals surface area contributed by atoms with Crippen LogP contribution in [-0.2, 0) is 0 Å². The normalized spacial score (nSPS) is 10.2. The maximum absolute atomic E-state index is 10.9. The van der Waals surface area contributed by atoms with Crippen molar-refractivity contribution in [2.75, 3.05) is 7.11 Å². The van der Waals surface area contributed by atoms with Crippen LogP contribution in [0.1, 0.15) is 20.0 Å². The van der Waals surface area contributed by atoms with Crippen LogP contribution in [0, 0.1) is 0 Å². The van der Waals surface area contributed by atoms with E-state index in [0.29, 0.717) is 34.3 Å². The summed E-state index contributed by atoms with van der Waals surface area (Å²) in [4.78, 5) is 26.0. The van der Waals surface area contributed by atoms with Crippen molar-refractivity contribution in [3.8, 4) is 5.88 Å². The number of ether oxygens (including phenoxy) is 1. The Balaban J connectivity index is 2.89. The molecule has 0 aliphatic heterocycles. The molecule has 0 N–H and O–H groups in total. The van der Waals surface area contributed by atoms with Crippen LogP contribution in [0.15, 0.2) is 12.3 Å². The van der Waals surface area contributed by atoms with Crippen LogP contribution < -0.4 is 4.74 Å². The fourth-order valence-electron chi connectivity index (χ4n) is 1.41. The molecule has 0 fully saturated rings. The lowest BCUT2D eigenvalue weighted by Gasteiger charge is -1.99. The minimum atomic E-state index is 0.356. The van der Waals surface area contributed by atoms with E-state index in [0.717, 1.165) is 4.70 Å². The van der Waals surface area contributed by atoms with E-state index < -0.39 is 0 Å². The first-order valence-corrected chi connectivity index (χ1v) is 4.99. The van der Waals surface area contributed by atoms with Crippen molar-refractivity contribution in [3.05, 3.63) is 22.7 Å². The van der Waals surface area contributed by atoms with Gasteiger partial charge in [-0.2, -0.15) is 0 Å². The van der Waals surface area contributed by atoms with Crippen molar-refractivity contribution in [2.24, 2.45) is 0 Å². The van der Waals surface area contributed by atoms with Crippen LogP contribution in [-0.4, -0.2) is 24.7 Å². The van der Waals surface area contributed by atoms with Gasteiger partial charge in [0.2, 0.25) is 5.88 Å². The highest BCUT2D eigenvalue weighted by atomic mass is 32.1. The predicted octanol–water partition coefficient (Wildman–Crippen LogP) is 1.93. The molecule has 0 saturated heterocycles. The molecule has 76 valence electrons. The molecule has 2 rings (SSSR count). The van der Waals surface area contributed by atoms with Gasteiger partial charge in [-0.3, -0.25) is 9.59 Å². The third kappa shape index (κ3) is 1.41. The van der Waals surface area contributed by atoms with Crippen molar-refractivity contribution in [3.63, 3.8) is 0 Å². The first-order valence-electron chi connectivity index (χ1n) is 4.17. The Labute approximate surface area is 89.5 Å². The third-order valence-electron chi connectivity index (χ3n) is 2.05. The summed E-state index contributed by atoms with van der Waals surface area (Å²) in [7, 11) is 1.48. The molecule has 0 amide bonds. The first-order chi connectivity index (χ1) is 7.31. The van der Waals surface area contributed by atoms with Gasteiger partial charge in [-0.05, 0) is 6.07 Å². The van der Waals surface area contributed by atoms with E-state index in [2.05, 4.69) is 4.98 Å². The molecule has 0 unspecified atom stereocenters. The highest BCUT2D eigenvalue weighted by Crippen LogP contribution is 2.34. The summed E-state index contributed by atoms with van der Waals surface area (Å²) in [6.45, 7) is 0. The van der Waals surface area contributed by atoms with Gasteiger partial charge in [0.1, 0.15) is 0 Å². The van der Waals surface area contributed by atoms with E-state index in [1.165, 1.54) is 18.4 Å².